The van der Waals surface area contributed by atoms with Gasteiger partial charge in [0, 0.05) is 22.1 Å². The summed E-state index contributed by atoms with van der Waals surface area (Å²) in [5, 5.41) is 6.21. The van der Waals surface area contributed by atoms with Gasteiger partial charge in [-0.1, -0.05) is 28.1 Å². The predicted molar refractivity (Wildman–Crippen MR) is 154 cm³/mol. The summed E-state index contributed by atoms with van der Waals surface area (Å²) in [5.74, 6) is -0.970. The van der Waals surface area contributed by atoms with Gasteiger partial charge in [-0.3, -0.25) is 19.8 Å². The SMILES string of the molecule is COc1ccc(CCNC(=O)C(=O)Nn2c(C(=O)Nc3ccc(C)c(C)c3)cc3cc(Br)ccc32)cc1OC. The number of ether oxygens (including phenoxy) is 2. The van der Waals surface area contributed by atoms with Crippen LogP contribution in [-0.4, -0.2) is 43.2 Å². The molecule has 39 heavy (non-hydrogen) atoms. The Hall–Kier alpha value is -4.31. The lowest BCUT2D eigenvalue weighted by molar-refractivity contribution is -0.136. The Morgan fingerprint density at radius 1 is 0.846 bits per heavy atom. The summed E-state index contributed by atoms with van der Waals surface area (Å²) < 4.78 is 12.7. The summed E-state index contributed by atoms with van der Waals surface area (Å²) in [6, 6.07) is 18.1. The van der Waals surface area contributed by atoms with Gasteiger partial charge in [0.15, 0.2) is 11.5 Å². The standard InChI is InChI=1S/C29H29BrN4O5/c1-17-5-8-22(13-18(17)2)32-27(35)24-16-20-15-21(30)7-9-23(20)34(24)33-29(37)28(36)31-12-11-19-6-10-25(38-3)26(14-19)39-4/h5-10,13-16H,11-12H2,1-4H3,(H,31,36)(H,32,35)(H,33,37). The Kier molecular flexibility index (Phi) is 8.55. The van der Waals surface area contributed by atoms with Crippen molar-refractivity contribution in [1.29, 1.82) is 0 Å². The predicted octanol–water partition coefficient (Wildman–Crippen LogP) is 4.72. The van der Waals surface area contributed by atoms with Crippen molar-refractivity contribution < 1.29 is 23.9 Å². The highest BCUT2D eigenvalue weighted by Crippen LogP contribution is 2.28. The minimum Gasteiger partial charge on any atom is -0.493 e. The minimum atomic E-state index is -0.900. The molecule has 0 aliphatic heterocycles. The number of halogens is 1. The lowest BCUT2D eigenvalue weighted by atomic mass is 10.1. The first-order valence-corrected chi connectivity index (χ1v) is 13.0. The number of hydrogen-bond donors (Lipinski definition) is 3. The number of carbonyl (C=O) groups is 3. The average Bonchev–Trinajstić information content (AvgIpc) is 3.27. The largest absolute Gasteiger partial charge is 0.493 e. The van der Waals surface area contributed by atoms with Gasteiger partial charge in [0.05, 0.1) is 19.7 Å². The topological polar surface area (TPSA) is 111 Å². The van der Waals surface area contributed by atoms with Gasteiger partial charge in [-0.25, -0.2) is 4.68 Å². The van der Waals surface area contributed by atoms with Crippen molar-refractivity contribution in [3.8, 4) is 11.5 Å². The van der Waals surface area contributed by atoms with E-state index in [-0.39, 0.29) is 12.2 Å². The lowest BCUT2D eigenvalue weighted by Crippen LogP contribution is -2.40. The molecule has 1 heterocycles. The third kappa shape index (κ3) is 6.40. The Labute approximate surface area is 234 Å². The zero-order valence-corrected chi connectivity index (χ0v) is 23.6. The first-order valence-electron chi connectivity index (χ1n) is 12.2. The summed E-state index contributed by atoms with van der Waals surface area (Å²) >= 11 is 3.43. The monoisotopic (exact) mass is 592 g/mol. The van der Waals surface area contributed by atoms with Crippen molar-refractivity contribution in [3.05, 3.63) is 87.5 Å². The van der Waals surface area contributed by atoms with E-state index in [4.69, 9.17) is 9.47 Å². The van der Waals surface area contributed by atoms with Crippen LogP contribution < -0.4 is 25.5 Å². The van der Waals surface area contributed by atoms with Crippen molar-refractivity contribution in [2.75, 3.05) is 31.5 Å². The molecule has 0 fully saturated rings. The number of fused-ring (bicyclic) bond motifs is 1. The summed E-state index contributed by atoms with van der Waals surface area (Å²) in [4.78, 5) is 38.7. The average molecular weight is 593 g/mol. The van der Waals surface area contributed by atoms with E-state index in [1.54, 1.807) is 38.5 Å². The molecular formula is C29H29BrN4O5. The van der Waals surface area contributed by atoms with Gasteiger partial charge in [-0.15, -0.1) is 0 Å². The number of aromatic nitrogens is 1. The maximum atomic E-state index is 13.2. The number of nitrogens with zero attached hydrogens (tertiary/aromatic N) is 1. The summed E-state index contributed by atoms with van der Waals surface area (Å²) in [6.45, 7) is 4.18. The molecule has 4 rings (SSSR count). The van der Waals surface area contributed by atoms with Gasteiger partial charge in [0.1, 0.15) is 5.69 Å². The molecule has 9 nitrogen and oxygen atoms in total. The van der Waals surface area contributed by atoms with Gasteiger partial charge in [-0.2, -0.15) is 0 Å². The highest BCUT2D eigenvalue weighted by Gasteiger charge is 2.21. The van der Waals surface area contributed by atoms with Crippen LogP contribution in [0, 0.1) is 13.8 Å². The Morgan fingerprint density at radius 2 is 1.62 bits per heavy atom. The molecule has 1 aromatic heterocycles. The molecule has 202 valence electrons. The number of anilines is 1. The van der Waals surface area contributed by atoms with Crippen LogP contribution in [0.5, 0.6) is 11.5 Å². The van der Waals surface area contributed by atoms with E-state index in [9.17, 15) is 14.4 Å². The maximum Gasteiger partial charge on any atom is 0.328 e. The quantitative estimate of drug-likeness (QED) is 0.256. The van der Waals surface area contributed by atoms with Crippen LogP contribution in [0.3, 0.4) is 0 Å². The van der Waals surface area contributed by atoms with E-state index in [1.807, 2.05) is 50.2 Å². The summed E-state index contributed by atoms with van der Waals surface area (Å²) in [7, 11) is 3.11. The van der Waals surface area contributed by atoms with E-state index in [2.05, 4.69) is 32.0 Å². The van der Waals surface area contributed by atoms with E-state index >= 15 is 0 Å². The number of carbonyl (C=O) groups excluding carboxylic acids is 3. The van der Waals surface area contributed by atoms with E-state index in [1.165, 1.54) is 4.68 Å². The van der Waals surface area contributed by atoms with Crippen LogP contribution in [0.1, 0.15) is 27.2 Å². The number of rotatable bonds is 8. The molecule has 0 aliphatic carbocycles. The van der Waals surface area contributed by atoms with E-state index < -0.39 is 17.7 Å². The van der Waals surface area contributed by atoms with Crippen LogP contribution in [0.25, 0.3) is 10.9 Å². The normalized spacial score (nSPS) is 10.7. The summed E-state index contributed by atoms with van der Waals surface area (Å²) in [6.07, 6.45) is 0.476. The van der Waals surface area contributed by atoms with Crippen molar-refractivity contribution in [2.24, 2.45) is 0 Å². The highest BCUT2D eigenvalue weighted by atomic mass is 79.9. The first kappa shape index (κ1) is 27.7. The van der Waals surface area contributed by atoms with Crippen LogP contribution >= 0.6 is 15.9 Å². The van der Waals surface area contributed by atoms with Gasteiger partial charge in [-0.05, 0) is 85.5 Å². The van der Waals surface area contributed by atoms with Crippen molar-refractivity contribution in [3.63, 3.8) is 0 Å². The fourth-order valence-corrected chi connectivity index (χ4v) is 4.46. The van der Waals surface area contributed by atoms with Gasteiger partial charge < -0.3 is 20.1 Å². The molecule has 0 spiro atoms. The summed E-state index contributed by atoms with van der Waals surface area (Å²) in [5.41, 5.74) is 6.99. The van der Waals surface area contributed by atoms with Gasteiger partial charge >= 0.3 is 11.8 Å². The molecule has 0 atom stereocenters. The number of amides is 3. The second kappa shape index (κ2) is 12.0. The second-order valence-electron chi connectivity index (χ2n) is 8.96. The third-order valence-corrected chi connectivity index (χ3v) is 6.82. The molecule has 0 radical (unpaired) electrons. The Morgan fingerprint density at radius 3 is 2.33 bits per heavy atom. The molecule has 10 heteroatoms. The number of benzene rings is 3. The first-order chi connectivity index (χ1) is 18.7. The molecule has 0 bridgehead atoms. The number of nitrogens with one attached hydrogen (secondary N) is 3. The third-order valence-electron chi connectivity index (χ3n) is 6.33. The van der Waals surface area contributed by atoms with E-state index in [0.29, 0.717) is 34.5 Å². The number of hydrogen-bond acceptors (Lipinski definition) is 5. The molecule has 4 aromatic rings. The number of aryl methyl sites for hydroxylation is 2. The molecule has 0 unspecified atom stereocenters. The fraction of sp³-hybridized carbons (Fsp3) is 0.207. The molecule has 3 amide bonds. The van der Waals surface area contributed by atoms with Crippen molar-refractivity contribution in [1.82, 2.24) is 9.99 Å². The van der Waals surface area contributed by atoms with Gasteiger partial charge in [0.25, 0.3) is 5.91 Å². The fourth-order valence-electron chi connectivity index (χ4n) is 4.08. The second-order valence-corrected chi connectivity index (χ2v) is 9.87. The van der Waals surface area contributed by atoms with E-state index in [0.717, 1.165) is 21.2 Å². The Bertz CT molecular complexity index is 1560. The zero-order chi connectivity index (χ0) is 28.1. The smallest absolute Gasteiger partial charge is 0.328 e. The molecule has 0 saturated carbocycles. The van der Waals surface area contributed by atoms with Crippen LogP contribution in [0.15, 0.2) is 65.1 Å². The number of methoxy groups -OCH3 is 2. The zero-order valence-electron chi connectivity index (χ0n) is 22.1. The molecule has 3 aromatic carbocycles. The van der Waals surface area contributed by atoms with Crippen LogP contribution in [-0.2, 0) is 16.0 Å². The van der Waals surface area contributed by atoms with Crippen LogP contribution in [0.2, 0.25) is 0 Å². The maximum absolute atomic E-state index is 13.2. The lowest BCUT2D eigenvalue weighted by Gasteiger charge is -2.13. The molecular weight excluding hydrogens is 564 g/mol. The Balaban J connectivity index is 1.48. The molecule has 0 saturated heterocycles. The molecule has 0 aliphatic rings. The molecule has 3 N–H and O–H groups in total. The van der Waals surface area contributed by atoms with Crippen molar-refractivity contribution >= 4 is 50.2 Å². The van der Waals surface area contributed by atoms with Crippen molar-refractivity contribution in [2.45, 2.75) is 20.3 Å². The van der Waals surface area contributed by atoms with Crippen LogP contribution in [0.4, 0.5) is 5.69 Å². The minimum absolute atomic E-state index is 0.174. The van der Waals surface area contributed by atoms with Gasteiger partial charge in [0.2, 0.25) is 0 Å². The highest BCUT2D eigenvalue weighted by molar-refractivity contribution is 9.10.